The van der Waals surface area contributed by atoms with Crippen LogP contribution in [0.2, 0.25) is 0 Å². The molecule has 5 amide bonds. The van der Waals surface area contributed by atoms with Crippen molar-refractivity contribution in [2.75, 3.05) is 61.3 Å². The second-order valence-corrected chi connectivity index (χ2v) is 18.3. The van der Waals surface area contributed by atoms with Crippen molar-refractivity contribution >= 4 is 57.4 Å². The predicted molar refractivity (Wildman–Crippen MR) is 237 cm³/mol. The number of aryl methyl sites for hydroxylation is 1. The highest BCUT2D eigenvalue weighted by Gasteiger charge is 2.47. The van der Waals surface area contributed by atoms with E-state index in [1.54, 1.807) is 34.9 Å². The first-order chi connectivity index (χ1) is 31.9. The van der Waals surface area contributed by atoms with Gasteiger partial charge in [0.05, 0.1) is 49.5 Å². The Labute approximate surface area is 381 Å². The summed E-state index contributed by atoms with van der Waals surface area (Å²) in [5, 5.41) is 10.2. The summed E-state index contributed by atoms with van der Waals surface area (Å²) in [6.07, 6.45) is 6.95. The Bertz CT molecular complexity index is 2690. The van der Waals surface area contributed by atoms with Crippen molar-refractivity contribution in [3.05, 3.63) is 107 Å². The minimum Gasteiger partial charge on any atom is -0.372 e. The number of fused-ring (bicyclic) bond motifs is 2. The number of piperazine rings is 1. The quantitative estimate of drug-likeness (QED) is 0.155. The number of imide groups is 1. The van der Waals surface area contributed by atoms with Crippen molar-refractivity contribution in [1.29, 1.82) is 0 Å². The summed E-state index contributed by atoms with van der Waals surface area (Å²) in [5.74, 6) is -6.71. The molecule has 5 aliphatic rings. The number of hydrogen-bond acceptors (Lipinski definition) is 12. The monoisotopic (exact) mass is 921 g/mol. The fraction of sp³-hybridized carbons (Fsp3) is 0.391. The maximum atomic E-state index is 15.9. The second kappa shape index (κ2) is 17.6. The minimum absolute atomic E-state index is 0.0932. The van der Waals surface area contributed by atoms with Crippen molar-refractivity contribution in [3.63, 3.8) is 0 Å². The minimum atomic E-state index is -3.12. The van der Waals surface area contributed by atoms with Gasteiger partial charge in [0.25, 0.3) is 17.7 Å². The lowest BCUT2D eigenvalue weighted by atomic mass is 9.89. The number of piperidine rings is 2. The molecule has 0 radical (unpaired) electrons. The molecule has 8 heterocycles. The molecule has 0 aliphatic carbocycles. The van der Waals surface area contributed by atoms with E-state index in [-0.39, 0.29) is 54.6 Å². The number of anilines is 3. The molecule has 16 nitrogen and oxygen atoms in total. The van der Waals surface area contributed by atoms with Crippen LogP contribution in [0.3, 0.4) is 0 Å². The summed E-state index contributed by atoms with van der Waals surface area (Å²) < 4.78 is 49.1. The van der Waals surface area contributed by atoms with Crippen molar-refractivity contribution in [3.8, 4) is 11.1 Å². The van der Waals surface area contributed by atoms with E-state index in [0.29, 0.717) is 73.2 Å². The maximum absolute atomic E-state index is 15.9. The number of nitrogens with zero attached hydrogens (tertiary/aromatic N) is 8. The highest BCUT2D eigenvalue weighted by molar-refractivity contribution is 7.13. The number of aromatic nitrogens is 4. The molecule has 5 aliphatic heterocycles. The first kappa shape index (κ1) is 43.2. The van der Waals surface area contributed by atoms with Gasteiger partial charge in [-0.3, -0.25) is 44.5 Å². The van der Waals surface area contributed by atoms with E-state index >= 15 is 13.2 Å². The summed E-state index contributed by atoms with van der Waals surface area (Å²) in [4.78, 5) is 84.6. The van der Waals surface area contributed by atoms with Crippen LogP contribution in [0, 0.1) is 5.82 Å². The smallest absolute Gasteiger partial charge is 0.268 e. The number of carbonyl (C=O) groups is 5. The van der Waals surface area contributed by atoms with Crippen LogP contribution < -0.4 is 20.9 Å². The second-order valence-electron chi connectivity index (χ2n) is 17.4. The van der Waals surface area contributed by atoms with Gasteiger partial charge in [0.15, 0.2) is 11.2 Å². The Morgan fingerprint density at radius 3 is 2.47 bits per heavy atom. The fourth-order valence-corrected chi connectivity index (χ4v) is 10.3. The van der Waals surface area contributed by atoms with E-state index in [9.17, 15) is 24.0 Å². The lowest BCUT2D eigenvalue weighted by molar-refractivity contribution is -0.137. The molecule has 0 bridgehead atoms. The van der Waals surface area contributed by atoms with Gasteiger partial charge in [-0.05, 0) is 79.8 Å². The van der Waals surface area contributed by atoms with E-state index in [1.165, 1.54) is 39.5 Å². The number of benzene rings is 2. The molecule has 2 aromatic carbocycles. The van der Waals surface area contributed by atoms with Crippen LogP contribution in [-0.4, -0.2) is 122 Å². The van der Waals surface area contributed by atoms with Crippen molar-refractivity contribution in [1.82, 2.24) is 39.5 Å². The summed E-state index contributed by atoms with van der Waals surface area (Å²) in [6.45, 7) is 2.16. The number of rotatable bonds is 11. The maximum Gasteiger partial charge on any atom is 0.268 e. The van der Waals surface area contributed by atoms with Crippen molar-refractivity contribution in [2.24, 2.45) is 0 Å². The van der Waals surface area contributed by atoms with Gasteiger partial charge in [-0.15, -0.1) is 11.3 Å². The molecule has 10 rings (SSSR count). The van der Waals surface area contributed by atoms with Crippen LogP contribution in [0.1, 0.15) is 70.6 Å². The number of hydrogen-bond donors (Lipinski definition) is 3. The average Bonchev–Trinajstić information content (AvgIpc) is 4.13. The number of carbonyl (C=O) groups excluding carboxylic acids is 5. The Hall–Kier alpha value is -6.67. The van der Waals surface area contributed by atoms with Crippen LogP contribution >= 0.6 is 11.3 Å². The molecule has 3 aromatic heterocycles. The molecular weight excluding hydrogens is 876 g/mol. The third-order valence-electron chi connectivity index (χ3n) is 13.2. The van der Waals surface area contributed by atoms with Crippen molar-refractivity contribution < 1.29 is 37.1 Å². The van der Waals surface area contributed by atoms with Gasteiger partial charge in [0.2, 0.25) is 17.7 Å². The number of pyridine rings is 1. The van der Waals surface area contributed by atoms with E-state index in [0.717, 1.165) is 24.3 Å². The molecular formula is C46H46F3N11O5S. The molecule has 3 saturated heterocycles. The van der Waals surface area contributed by atoms with Gasteiger partial charge in [-0.25, -0.2) is 23.1 Å². The lowest BCUT2D eigenvalue weighted by Gasteiger charge is -2.40. The summed E-state index contributed by atoms with van der Waals surface area (Å²) in [6, 6.07) is 12.1. The number of alkyl halides is 2. The van der Waals surface area contributed by atoms with Gasteiger partial charge in [-0.2, -0.15) is 0 Å². The Kier molecular flexibility index (Phi) is 11.5. The van der Waals surface area contributed by atoms with E-state index < -0.39 is 54.0 Å². The van der Waals surface area contributed by atoms with E-state index in [4.69, 9.17) is 0 Å². The number of nitrogens with one attached hydrogen (secondary N) is 3. The Balaban J connectivity index is 0.736. The molecule has 66 heavy (non-hydrogen) atoms. The van der Waals surface area contributed by atoms with Gasteiger partial charge in [-0.1, -0.05) is 12.1 Å². The zero-order valence-corrected chi connectivity index (χ0v) is 36.5. The summed E-state index contributed by atoms with van der Waals surface area (Å²) in [5.41, 5.74) is 4.60. The molecule has 3 N–H and O–H groups in total. The molecule has 0 saturated carbocycles. The number of thiazole rings is 1. The number of halogens is 3. The first-order valence-electron chi connectivity index (χ1n) is 22.1. The molecule has 3 fully saturated rings. The molecule has 342 valence electrons. The van der Waals surface area contributed by atoms with Crippen LogP contribution in [0.5, 0.6) is 0 Å². The Morgan fingerprint density at radius 1 is 0.924 bits per heavy atom. The van der Waals surface area contributed by atoms with Gasteiger partial charge in [0, 0.05) is 78.9 Å². The molecule has 3 atom stereocenters. The normalized spacial score (nSPS) is 21.1. The summed E-state index contributed by atoms with van der Waals surface area (Å²) >= 11 is 1.26. The predicted octanol–water partition coefficient (Wildman–Crippen LogP) is 4.81. The molecule has 0 spiro atoms. The molecule has 5 aromatic rings. The van der Waals surface area contributed by atoms with Crippen LogP contribution in [-0.2, 0) is 38.7 Å². The third kappa shape index (κ3) is 8.50. The lowest BCUT2D eigenvalue weighted by Crippen LogP contribution is -2.54. The highest BCUT2D eigenvalue weighted by Crippen LogP contribution is 2.41. The largest absolute Gasteiger partial charge is 0.372 e. The number of likely N-dealkylation sites (tertiary alicyclic amines) is 1. The average molecular weight is 922 g/mol. The van der Waals surface area contributed by atoms with Crippen LogP contribution in [0.4, 0.5) is 29.7 Å². The van der Waals surface area contributed by atoms with Crippen molar-refractivity contribution in [2.45, 2.75) is 69.1 Å². The zero-order chi connectivity index (χ0) is 45.7. The van der Waals surface area contributed by atoms with Crippen LogP contribution in [0.15, 0.2) is 72.6 Å². The zero-order valence-electron chi connectivity index (χ0n) is 35.7. The Morgan fingerprint density at radius 2 is 1.74 bits per heavy atom. The highest BCUT2D eigenvalue weighted by atomic mass is 32.1. The first-order valence-corrected chi connectivity index (χ1v) is 22.9. The van der Waals surface area contributed by atoms with E-state index in [2.05, 4.69) is 35.8 Å². The van der Waals surface area contributed by atoms with Gasteiger partial charge in [0.1, 0.15) is 11.9 Å². The molecule has 3 unspecified atom stereocenters. The molecule has 20 heteroatoms. The third-order valence-corrected chi connectivity index (χ3v) is 13.9. The standard InChI is InChI=1S/C46H46F3N11O5S/c47-34-21-28(20-31-32(34)23-60(44(31)65)41(43(64)55-45-50-12-19-66-45)40-37-2-1-13-59(37)26-52-40)27-3-6-30(7-4-27)57-15-17-58(18-16-57)39(62)24-56-14-11-33(46(48,49)25-56)35-8-5-29(22-51-35)53-36-9-10-38(61)54-42(36)63/h3-8,12,19-22,26,33,36,41,53H,1-2,9-11,13-18,23-25H2,(H,50,55,64)(H,54,61,63). The summed E-state index contributed by atoms with van der Waals surface area (Å²) in [7, 11) is 0. The number of imidazole rings is 1. The van der Waals surface area contributed by atoms with Crippen LogP contribution in [0.25, 0.3) is 11.1 Å². The van der Waals surface area contributed by atoms with Gasteiger partial charge < -0.3 is 24.6 Å². The SMILES string of the molecule is O=C1CCC(Nc2ccc(C3CCN(CC(=O)N4CCN(c5ccc(-c6cc(F)c7c(c6)C(=O)N(C(C(=O)Nc6nccs6)c6ncn8c6CCC8)C7)cc5)CC4)CC3(F)F)nc2)C(=O)N1. The fourth-order valence-electron chi connectivity index (χ4n) is 9.77. The number of amides is 5. The van der Waals surface area contributed by atoms with Gasteiger partial charge >= 0.3 is 0 Å². The van der Waals surface area contributed by atoms with E-state index in [1.807, 2.05) is 28.8 Å². The topological polar surface area (TPSA) is 178 Å².